The van der Waals surface area contributed by atoms with Crippen LogP contribution >= 0.6 is 0 Å². The van der Waals surface area contributed by atoms with E-state index in [9.17, 15) is 19.5 Å². The van der Waals surface area contributed by atoms with E-state index in [0.717, 1.165) is 11.8 Å². The number of unbranched alkanes of at least 4 members (excludes halogenated alkanes) is 1. The predicted octanol–water partition coefficient (Wildman–Crippen LogP) is 0.597. The maximum atomic E-state index is 11.8. The third-order valence-corrected chi connectivity index (χ3v) is 3.43. The molecule has 24 heavy (non-hydrogen) atoms. The van der Waals surface area contributed by atoms with Crippen molar-refractivity contribution >= 4 is 22.8 Å². The lowest BCUT2D eigenvalue weighted by Gasteiger charge is -2.19. The first-order chi connectivity index (χ1) is 11.5. The highest BCUT2D eigenvalue weighted by molar-refractivity contribution is 5.83. The van der Waals surface area contributed by atoms with Crippen LogP contribution in [0.1, 0.15) is 26.2 Å². The van der Waals surface area contributed by atoms with Gasteiger partial charge in [0.25, 0.3) is 5.91 Å². The van der Waals surface area contributed by atoms with E-state index < -0.39 is 23.5 Å². The van der Waals surface area contributed by atoms with Crippen LogP contribution in [-0.4, -0.2) is 24.5 Å². The van der Waals surface area contributed by atoms with E-state index in [-0.39, 0.29) is 6.61 Å². The molecule has 0 spiro atoms. The van der Waals surface area contributed by atoms with Crippen LogP contribution in [0.15, 0.2) is 39.5 Å². The van der Waals surface area contributed by atoms with Gasteiger partial charge in [-0.3, -0.25) is 4.79 Å². The Morgan fingerprint density at radius 1 is 1.29 bits per heavy atom. The lowest BCUT2D eigenvalue weighted by Crippen LogP contribution is -2.49. The minimum Gasteiger partial charge on any atom is -0.548 e. The minimum absolute atomic E-state index is 0.311. The minimum atomic E-state index is -1.32. The van der Waals surface area contributed by atoms with Crippen LogP contribution in [0.2, 0.25) is 0 Å². The average Bonchev–Trinajstić information content (AvgIpc) is 2.56. The molecule has 0 saturated carbocycles. The van der Waals surface area contributed by atoms with Crippen LogP contribution in [0.25, 0.3) is 11.0 Å². The van der Waals surface area contributed by atoms with Crippen molar-refractivity contribution in [2.45, 2.75) is 32.2 Å². The van der Waals surface area contributed by atoms with Gasteiger partial charge in [0.15, 0.2) is 6.61 Å². The molecule has 7 nitrogen and oxygen atoms in total. The average molecular weight is 332 g/mol. The molecule has 1 atom stereocenters. The first-order valence-electron chi connectivity index (χ1n) is 7.66. The first-order valence-corrected chi connectivity index (χ1v) is 7.66. The number of aliphatic carboxylic acids is 1. The van der Waals surface area contributed by atoms with Gasteiger partial charge in [-0.15, -0.1) is 0 Å². The number of nitrogens with one attached hydrogen (secondary N) is 1. The molecule has 1 heterocycles. The lowest BCUT2D eigenvalue weighted by molar-refractivity contribution is -0.308. The Morgan fingerprint density at radius 2 is 2.04 bits per heavy atom. The fourth-order valence-corrected chi connectivity index (χ4v) is 2.17. The van der Waals surface area contributed by atoms with Gasteiger partial charge in [-0.1, -0.05) is 19.8 Å². The summed E-state index contributed by atoms with van der Waals surface area (Å²) in [7, 11) is 0. The highest BCUT2D eigenvalue weighted by Gasteiger charge is 2.13. The van der Waals surface area contributed by atoms with E-state index >= 15 is 0 Å². The Hall–Kier alpha value is -2.83. The molecule has 0 aliphatic rings. The van der Waals surface area contributed by atoms with Gasteiger partial charge >= 0.3 is 5.63 Å². The summed E-state index contributed by atoms with van der Waals surface area (Å²) in [6.45, 7) is 1.58. The summed E-state index contributed by atoms with van der Waals surface area (Å²) < 4.78 is 10.3. The number of carbonyl (C=O) groups excluding carboxylic acids is 2. The SMILES string of the molecule is CCCC[C@H](NC(=O)COc1ccc2ccc(=O)oc2c1)C(=O)[O-]. The van der Waals surface area contributed by atoms with Gasteiger partial charge in [0.1, 0.15) is 11.3 Å². The predicted molar refractivity (Wildman–Crippen MR) is 84.4 cm³/mol. The zero-order valence-corrected chi connectivity index (χ0v) is 13.2. The van der Waals surface area contributed by atoms with Crippen molar-refractivity contribution < 1.29 is 23.8 Å². The normalized spacial score (nSPS) is 11.9. The van der Waals surface area contributed by atoms with Crippen molar-refractivity contribution in [3.63, 3.8) is 0 Å². The van der Waals surface area contributed by atoms with Crippen LogP contribution in [0.3, 0.4) is 0 Å². The van der Waals surface area contributed by atoms with E-state index in [1.165, 1.54) is 12.1 Å². The van der Waals surface area contributed by atoms with Gasteiger partial charge in [-0.25, -0.2) is 4.79 Å². The number of amides is 1. The Bertz CT molecular complexity index is 782. The fourth-order valence-electron chi connectivity index (χ4n) is 2.17. The second-order valence-electron chi connectivity index (χ2n) is 5.32. The molecule has 1 aromatic carbocycles. The molecule has 0 bridgehead atoms. The Labute approximate surface area is 138 Å². The van der Waals surface area contributed by atoms with E-state index in [4.69, 9.17) is 9.15 Å². The molecule has 2 aromatic rings. The van der Waals surface area contributed by atoms with Crippen molar-refractivity contribution in [3.8, 4) is 5.75 Å². The van der Waals surface area contributed by atoms with E-state index in [2.05, 4.69) is 5.32 Å². The summed E-state index contributed by atoms with van der Waals surface area (Å²) in [5, 5.41) is 14.1. The van der Waals surface area contributed by atoms with Crippen molar-refractivity contribution in [1.82, 2.24) is 5.32 Å². The van der Waals surface area contributed by atoms with Crippen LogP contribution in [0.5, 0.6) is 5.75 Å². The van der Waals surface area contributed by atoms with Crippen LogP contribution in [-0.2, 0) is 9.59 Å². The quantitative estimate of drug-likeness (QED) is 0.709. The second kappa shape index (κ2) is 8.14. The third kappa shape index (κ3) is 4.84. The zero-order valence-electron chi connectivity index (χ0n) is 13.2. The molecule has 0 aliphatic heterocycles. The van der Waals surface area contributed by atoms with Gasteiger partial charge < -0.3 is 24.4 Å². The lowest BCUT2D eigenvalue weighted by atomic mass is 10.1. The number of carbonyl (C=O) groups is 2. The number of carboxylic acid groups (broad SMARTS) is 1. The Balaban J connectivity index is 1.95. The summed E-state index contributed by atoms with van der Waals surface area (Å²) in [5.41, 5.74) is -0.138. The fraction of sp³-hybridized carbons (Fsp3) is 0.353. The molecular formula is C17H18NO6-. The largest absolute Gasteiger partial charge is 0.548 e. The summed E-state index contributed by atoms with van der Waals surface area (Å²) in [6.07, 6.45) is 1.80. The molecule has 0 radical (unpaired) electrons. The van der Waals surface area contributed by atoms with E-state index in [1.807, 2.05) is 6.92 Å². The molecule has 1 N–H and O–H groups in total. The van der Waals surface area contributed by atoms with Crippen molar-refractivity contribution in [2.24, 2.45) is 0 Å². The maximum Gasteiger partial charge on any atom is 0.336 e. The molecule has 1 amide bonds. The molecule has 0 unspecified atom stereocenters. The molecule has 0 aliphatic carbocycles. The summed E-state index contributed by atoms with van der Waals surface area (Å²) in [6, 6.07) is 6.72. The molecule has 2 rings (SSSR count). The summed E-state index contributed by atoms with van der Waals surface area (Å²) >= 11 is 0. The standard InChI is InChI=1S/C17H19NO6/c1-2-3-4-13(17(21)22)18-15(19)10-23-12-7-5-11-6-8-16(20)24-14(11)9-12/h5-9,13H,2-4,10H2,1H3,(H,18,19)(H,21,22)/p-1/t13-/m0/s1. The van der Waals surface area contributed by atoms with Gasteiger partial charge in [-0.05, 0) is 24.6 Å². The van der Waals surface area contributed by atoms with E-state index in [1.54, 1.807) is 18.2 Å². The van der Waals surface area contributed by atoms with Gasteiger partial charge in [-0.2, -0.15) is 0 Å². The maximum absolute atomic E-state index is 11.8. The van der Waals surface area contributed by atoms with Crippen molar-refractivity contribution in [3.05, 3.63) is 40.8 Å². The van der Waals surface area contributed by atoms with Gasteiger partial charge in [0.2, 0.25) is 0 Å². The first kappa shape index (κ1) is 17.5. The van der Waals surface area contributed by atoms with Crippen LogP contribution in [0.4, 0.5) is 0 Å². The third-order valence-electron chi connectivity index (χ3n) is 3.43. The number of benzene rings is 1. The second-order valence-corrected chi connectivity index (χ2v) is 5.32. The highest BCUT2D eigenvalue weighted by atomic mass is 16.5. The zero-order chi connectivity index (χ0) is 17.5. The smallest absolute Gasteiger partial charge is 0.336 e. The van der Waals surface area contributed by atoms with Crippen molar-refractivity contribution in [2.75, 3.05) is 6.61 Å². The molecular weight excluding hydrogens is 314 g/mol. The molecule has 7 heteroatoms. The van der Waals surface area contributed by atoms with Gasteiger partial charge in [0.05, 0.1) is 12.0 Å². The van der Waals surface area contributed by atoms with E-state index in [0.29, 0.717) is 24.2 Å². The number of ether oxygens (including phenoxy) is 1. The number of hydrogen-bond acceptors (Lipinski definition) is 6. The highest BCUT2D eigenvalue weighted by Crippen LogP contribution is 2.19. The van der Waals surface area contributed by atoms with Crippen LogP contribution in [0, 0.1) is 0 Å². The van der Waals surface area contributed by atoms with Gasteiger partial charge in [0, 0.05) is 17.5 Å². The summed E-state index contributed by atoms with van der Waals surface area (Å²) in [4.78, 5) is 34.0. The molecule has 1 aromatic heterocycles. The number of hydrogen-bond donors (Lipinski definition) is 1. The van der Waals surface area contributed by atoms with Crippen molar-refractivity contribution in [1.29, 1.82) is 0 Å². The molecule has 0 saturated heterocycles. The topological polar surface area (TPSA) is 109 Å². The van der Waals surface area contributed by atoms with Crippen LogP contribution < -0.4 is 20.8 Å². The number of rotatable bonds is 8. The Kier molecular flexibility index (Phi) is 5.95. The monoisotopic (exact) mass is 332 g/mol. The molecule has 128 valence electrons. The Morgan fingerprint density at radius 3 is 2.75 bits per heavy atom. The number of carboxylic acids is 1. The summed E-state index contributed by atoms with van der Waals surface area (Å²) in [5.74, 6) is -1.54. The number of fused-ring (bicyclic) bond motifs is 1. The molecule has 0 fully saturated rings.